The molecule has 0 radical (unpaired) electrons. The number of rotatable bonds is 2. The predicted octanol–water partition coefficient (Wildman–Crippen LogP) is 2.81. The third kappa shape index (κ3) is 2.93. The normalized spacial score (nSPS) is 37.5. The first kappa shape index (κ1) is 14.1. The number of ether oxygens (including phenoxy) is 1. The van der Waals surface area contributed by atoms with Gasteiger partial charge in [0, 0.05) is 25.1 Å². The van der Waals surface area contributed by atoms with Crippen LogP contribution < -0.4 is 5.48 Å². The average molecular weight is 282 g/mol. The lowest BCUT2D eigenvalue weighted by Gasteiger charge is -2.33. The Bertz CT molecular complexity index is 344. The van der Waals surface area contributed by atoms with Gasteiger partial charge in [-0.15, -0.1) is 0 Å². The third-order valence-corrected chi connectivity index (χ3v) is 5.00. The second kappa shape index (κ2) is 6.31. The van der Waals surface area contributed by atoms with E-state index in [0.717, 1.165) is 38.7 Å². The van der Waals surface area contributed by atoms with Crippen LogP contribution in [0.5, 0.6) is 0 Å². The van der Waals surface area contributed by atoms with E-state index in [9.17, 15) is 4.79 Å². The van der Waals surface area contributed by atoms with Gasteiger partial charge in [0.1, 0.15) is 0 Å². The Morgan fingerprint density at radius 3 is 2.80 bits per heavy atom. The second-order valence-corrected chi connectivity index (χ2v) is 6.43. The first-order valence-corrected chi connectivity index (χ1v) is 8.11. The summed E-state index contributed by atoms with van der Waals surface area (Å²) in [6, 6.07) is 0.648. The summed E-state index contributed by atoms with van der Waals surface area (Å²) in [6.07, 6.45) is 8.88. The molecule has 5 nitrogen and oxygen atoms in total. The van der Waals surface area contributed by atoms with Gasteiger partial charge in [-0.3, -0.25) is 0 Å². The van der Waals surface area contributed by atoms with Gasteiger partial charge in [0.25, 0.3) is 0 Å². The molecule has 1 aliphatic carbocycles. The molecule has 0 unspecified atom stereocenters. The molecule has 20 heavy (non-hydrogen) atoms. The third-order valence-electron chi connectivity index (χ3n) is 5.00. The zero-order valence-corrected chi connectivity index (χ0v) is 12.3. The van der Waals surface area contributed by atoms with Gasteiger partial charge in [0.05, 0.1) is 0 Å². The van der Waals surface area contributed by atoms with Crippen LogP contribution in [0.15, 0.2) is 0 Å². The summed E-state index contributed by atoms with van der Waals surface area (Å²) in [7, 11) is 0. The fourth-order valence-corrected chi connectivity index (χ4v) is 4.03. The van der Waals surface area contributed by atoms with Gasteiger partial charge in [0.15, 0.2) is 6.29 Å². The number of likely N-dealkylation sites (tertiary alicyclic amines) is 1. The highest BCUT2D eigenvalue weighted by Crippen LogP contribution is 2.39. The molecule has 0 aromatic heterocycles. The number of nitrogens with one attached hydrogen (secondary N) is 1. The Morgan fingerprint density at radius 2 is 2.00 bits per heavy atom. The number of amides is 2. The maximum atomic E-state index is 12.4. The van der Waals surface area contributed by atoms with Crippen molar-refractivity contribution in [3.8, 4) is 0 Å². The minimum atomic E-state index is -0.271. The van der Waals surface area contributed by atoms with E-state index in [1.54, 1.807) is 0 Å². The number of hydrogen-bond donors (Lipinski definition) is 1. The molecule has 2 amide bonds. The van der Waals surface area contributed by atoms with Crippen LogP contribution in [0, 0.1) is 5.92 Å². The van der Waals surface area contributed by atoms with Gasteiger partial charge in [-0.1, -0.05) is 12.8 Å². The van der Waals surface area contributed by atoms with Crippen LogP contribution in [0.2, 0.25) is 0 Å². The minimum Gasteiger partial charge on any atom is -0.350 e. The van der Waals surface area contributed by atoms with Crippen molar-refractivity contribution in [2.45, 2.75) is 76.7 Å². The minimum absolute atomic E-state index is 0.0823. The van der Waals surface area contributed by atoms with Gasteiger partial charge < -0.3 is 9.64 Å². The molecule has 0 aromatic rings. The number of fused-ring (bicyclic) bond motifs is 1. The second-order valence-electron chi connectivity index (χ2n) is 6.43. The first-order chi connectivity index (χ1) is 9.75. The molecule has 3 fully saturated rings. The van der Waals surface area contributed by atoms with Crippen LogP contribution in [0.1, 0.15) is 58.3 Å². The summed E-state index contributed by atoms with van der Waals surface area (Å²) in [5.74, 6) is 0.690. The number of carbonyl (C=O) groups excluding carboxylic acids is 1. The molecular weight excluding hydrogens is 256 g/mol. The fourth-order valence-electron chi connectivity index (χ4n) is 4.03. The van der Waals surface area contributed by atoms with Crippen LogP contribution in [0.4, 0.5) is 4.79 Å². The highest BCUT2D eigenvalue weighted by atomic mass is 16.8. The molecule has 2 aliphatic heterocycles. The number of urea groups is 1. The lowest BCUT2D eigenvalue weighted by atomic mass is 9.85. The van der Waals surface area contributed by atoms with Crippen molar-refractivity contribution in [3.63, 3.8) is 0 Å². The summed E-state index contributed by atoms with van der Waals surface area (Å²) in [4.78, 5) is 19.8. The Labute approximate surface area is 120 Å². The van der Waals surface area contributed by atoms with E-state index >= 15 is 0 Å². The first-order valence-electron chi connectivity index (χ1n) is 8.11. The molecule has 114 valence electrons. The molecule has 0 bridgehead atoms. The van der Waals surface area contributed by atoms with Crippen molar-refractivity contribution in [3.05, 3.63) is 0 Å². The summed E-state index contributed by atoms with van der Waals surface area (Å²) < 4.78 is 5.47. The lowest BCUT2D eigenvalue weighted by Crippen LogP contribution is -2.48. The zero-order chi connectivity index (χ0) is 13.9. The average Bonchev–Trinajstić information content (AvgIpc) is 2.82. The number of carbonyl (C=O) groups is 1. The molecule has 3 rings (SSSR count). The number of nitrogens with zero attached hydrogens (tertiary/aromatic N) is 1. The van der Waals surface area contributed by atoms with Crippen LogP contribution >= 0.6 is 0 Å². The van der Waals surface area contributed by atoms with E-state index in [-0.39, 0.29) is 12.3 Å². The van der Waals surface area contributed by atoms with Gasteiger partial charge in [-0.25, -0.2) is 15.1 Å². The predicted molar refractivity (Wildman–Crippen MR) is 74.9 cm³/mol. The maximum absolute atomic E-state index is 12.4. The summed E-state index contributed by atoms with van der Waals surface area (Å²) in [5.41, 5.74) is 2.62. The van der Waals surface area contributed by atoms with Gasteiger partial charge in [-0.05, 0) is 44.9 Å². The van der Waals surface area contributed by atoms with Crippen molar-refractivity contribution < 1.29 is 14.4 Å². The van der Waals surface area contributed by atoms with Crippen LogP contribution in [-0.4, -0.2) is 35.9 Å². The molecule has 2 heterocycles. The summed E-state index contributed by atoms with van der Waals surface area (Å²) >= 11 is 0. The van der Waals surface area contributed by atoms with E-state index < -0.39 is 0 Å². The van der Waals surface area contributed by atoms with Crippen LogP contribution in [0.25, 0.3) is 0 Å². The van der Waals surface area contributed by atoms with Crippen molar-refractivity contribution in [2.24, 2.45) is 5.92 Å². The smallest absolute Gasteiger partial charge is 0.341 e. The Morgan fingerprint density at radius 1 is 1.20 bits per heavy atom. The van der Waals surface area contributed by atoms with Gasteiger partial charge >= 0.3 is 6.03 Å². The zero-order valence-electron chi connectivity index (χ0n) is 12.3. The van der Waals surface area contributed by atoms with Gasteiger partial charge in [-0.2, -0.15) is 0 Å². The molecular formula is C15H26N2O3. The number of hydroxylamine groups is 1. The monoisotopic (exact) mass is 282 g/mol. The molecule has 1 N–H and O–H groups in total. The Kier molecular flexibility index (Phi) is 4.46. The van der Waals surface area contributed by atoms with Crippen molar-refractivity contribution in [1.82, 2.24) is 10.4 Å². The summed E-state index contributed by atoms with van der Waals surface area (Å²) in [6.45, 7) is 2.88. The molecule has 2 saturated heterocycles. The maximum Gasteiger partial charge on any atom is 0.341 e. The molecule has 5 heteroatoms. The van der Waals surface area contributed by atoms with E-state index in [2.05, 4.69) is 12.4 Å². The lowest BCUT2D eigenvalue weighted by molar-refractivity contribution is -0.188. The molecule has 1 saturated carbocycles. The SMILES string of the molecule is C[C@@H]1C[C@@H]2CCCC[C@@H]2N1C(=O)NO[C@H]1CCCCO1. The number of hydrogen-bond acceptors (Lipinski definition) is 3. The molecule has 3 aliphatic rings. The standard InChI is InChI=1S/C15H26N2O3/c1-11-10-12-6-2-3-7-13(12)17(11)15(18)16-20-14-8-4-5-9-19-14/h11-14H,2-10H2,1H3,(H,16,18)/t11-,12+,13+,14+/m1/s1. The van der Waals surface area contributed by atoms with Crippen LogP contribution in [-0.2, 0) is 9.57 Å². The largest absolute Gasteiger partial charge is 0.350 e. The highest BCUT2D eigenvalue weighted by molar-refractivity contribution is 5.74. The summed E-state index contributed by atoms with van der Waals surface area (Å²) in [5, 5.41) is 0. The van der Waals surface area contributed by atoms with Gasteiger partial charge in [0.2, 0.25) is 0 Å². The van der Waals surface area contributed by atoms with E-state index in [4.69, 9.17) is 9.57 Å². The van der Waals surface area contributed by atoms with E-state index in [1.165, 1.54) is 19.3 Å². The Balaban J connectivity index is 1.53. The van der Waals surface area contributed by atoms with E-state index in [0.29, 0.717) is 18.0 Å². The van der Waals surface area contributed by atoms with E-state index in [1.807, 2.05) is 4.90 Å². The quantitative estimate of drug-likeness (QED) is 0.792. The highest BCUT2D eigenvalue weighted by Gasteiger charge is 2.42. The molecule has 4 atom stereocenters. The topological polar surface area (TPSA) is 50.8 Å². The van der Waals surface area contributed by atoms with Crippen LogP contribution in [0.3, 0.4) is 0 Å². The molecule has 0 spiro atoms. The Hall–Kier alpha value is -0.810. The van der Waals surface area contributed by atoms with Crippen molar-refractivity contribution in [2.75, 3.05) is 6.61 Å². The van der Waals surface area contributed by atoms with Crippen molar-refractivity contribution >= 4 is 6.03 Å². The fraction of sp³-hybridized carbons (Fsp3) is 0.933. The van der Waals surface area contributed by atoms with Crippen molar-refractivity contribution in [1.29, 1.82) is 0 Å². The molecule has 0 aromatic carbocycles.